The van der Waals surface area contributed by atoms with E-state index in [1.807, 2.05) is 30.0 Å². The third kappa shape index (κ3) is 4.39. The predicted molar refractivity (Wildman–Crippen MR) is 131 cm³/mol. The van der Waals surface area contributed by atoms with Gasteiger partial charge in [0.2, 0.25) is 0 Å². The Balaban J connectivity index is 1.65. The molecule has 0 amide bonds. The largest absolute Gasteiger partial charge is 0.322 e. The average molecular weight is 441 g/mol. The first kappa shape index (κ1) is 19.9. The van der Waals surface area contributed by atoms with Gasteiger partial charge in [-0.2, -0.15) is 0 Å². The van der Waals surface area contributed by atoms with Gasteiger partial charge in [0.15, 0.2) is 0 Å². The van der Waals surface area contributed by atoms with Crippen LogP contribution in [-0.2, 0) is 6.54 Å². The average Bonchev–Trinajstić information content (AvgIpc) is 3.18. The lowest BCUT2D eigenvalue weighted by atomic mass is 10.1. The predicted octanol–water partition coefficient (Wildman–Crippen LogP) is 7.62. The summed E-state index contributed by atoms with van der Waals surface area (Å²) in [6.45, 7) is 0.742. The minimum absolute atomic E-state index is 0.0725. The minimum atomic E-state index is 0.0725. The molecule has 5 aromatic rings. The molecule has 0 saturated carbocycles. The van der Waals surface area contributed by atoms with E-state index < -0.39 is 0 Å². The van der Waals surface area contributed by atoms with Crippen molar-refractivity contribution < 1.29 is 0 Å². The topological polar surface area (TPSA) is 17.8 Å². The quantitative estimate of drug-likeness (QED) is 0.253. The third-order valence-electron chi connectivity index (χ3n) is 5.27. The molecule has 1 unspecified atom stereocenters. The molecule has 4 aromatic carbocycles. The fraction of sp³-hybridized carbons (Fsp3) is 0.0741. The highest BCUT2D eigenvalue weighted by Crippen LogP contribution is 2.41. The summed E-state index contributed by atoms with van der Waals surface area (Å²) < 4.78 is 2.34. The van der Waals surface area contributed by atoms with Crippen LogP contribution in [0.1, 0.15) is 22.2 Å². The van der Waals surface area contributed by atoms with Crippen molar-refractivity contribution in [3.8, 4) is 0 Å². The monoisotopic (exact) mass is 440 g/mol. The summed E-state index contributed by atoms with van der Waals surface area (Å²) in [5.74, 6) is 1.05. The van der Waals surface area contributed by atoms with E-state index in [-0.39, 0.29) is 5.25 Å². The number of halogens is 1. The van der Waals surface area contributed by atoms with Crippen molar-refractivity contribution in [1.29, 1.82) is 0 Å². The summed E-state index contributed by atoms with van der Waals surface area (Å²) in [5.41, 5.74) is 4.59. The van der Waals surface area contributed by atoms with Crippen LogP contribution >= 0.6 is 23.4 Å². The van der Waals surface area contributed by atoms with Gasteiger partial charge in [0.05, 0.1) is 16.3 Å². The molecule has 0 spiro atoms. The van der Waals surface area contributed by atoms with Crippen LogP contribution in [0.15, 0.2) is 114 Å². The highest BCUT2D eigenvalue weighted by Gasteiger charge is 2.23. The lowest BCUT2D eigenvalue weighted by Crippen LogP contribution is -2.09. The number of hydrogen-bond donors (Lipinski definition) is 0. The van der Waals surface area contributed by atoms with Crippen LogP contribution < -0.4 is 0 Å². The number of nitrogens with zero attached hydrogens (tertiary/aromatic N) is 2. The molecule has 4 heteroatoms. The molecule has 1 atom stereocenters. The van der Waals surface area contributed by atoms with Crippen molar-refractivity contribution in [1.82, 2.24) is 9.55 Å². The number of rotatable bonds is 6. The SMILES string of the molecule is Clc1ccc(Cn2c(C(Sc3ccccc3)c3ccccc3)nc3ccccc32)cc1. The molecule has 0 N–H and O–H groups in total. The van der Waals surface area contributed by atoms with Crippen LogP contribution in [0.25, 0.3) is 11.0 Å². The van der Waals surface area contributed by atoms with Crippen LogP contribution in [0.4, 0.5) is 0 Å². The molecule has 5 rings (SSSR count). The number of aromatic nitrogens is 2. The van der Waals surface area contributed by atoms with Gasteiger partial charge in [0.25, 0.3) is 0 Å². The highest BCUT2D eigenvalue weighted by molar-refractivity contribution is 7.99. The Hall–Kier alpha value is -3.01. The Bertz CT molecular complexity index is 1280. The standard InChI is InChI=1S/C27H21ClN2S/c28-22-17-15-20(16-18-22)19-30-25-14-8-7-13-24(25)29-27(30)26(21-9-3-1-4-10-21)31-23-11-5-2-6-12-23/h1-18,26H,19H2. The second-order valence-corrected chi connectivity index (χ2v) is 9.01. The van der Waals surface area contributed by atoms with Gasteiger partial charge < -0.3 is 4.57 Å². The van der Waals surface area contributed by atoms with Crippen LogP contribution in [0, 0.1) is 0 Å². The molecule has 0 bridgehead atoms. The van der Waals surface area contributed by atoms with Crippen LogP contribution in [0.3, 0.4) is 0 Å². The summed E-state index contributed by atoms with van der Waals surface area (Å²) in [4.78, 5) is 6.34. The highest BCUT2D eigenvalue weighted by atomic mass is 35.5. The van der Waals surface area contributed by atoms with E-state index >= 15 is 0 Å². The zero-order valence-electron chi connectivity index (χ0n) is 16.9. The van der Waals surface area contributed by atoms with Crippen LogP contribution in [0.5, 0.6) is 0 Å². The molecule has 0 saturated heterocycles. The zero-order valence-corrected chi connectivity index (χ0v) is 18.4. The van der Waals surface area contributed by atoms with Crippen molar-refractivity contribution in [3.05, 3.63) is 131 Å². The van der Waals surface area contributed by atoms with Gasteiger partial charge in [-0.25, -0.2) is 4.98 Å². The zero-order chi connectivity index (χ0) is 21.0. The summed E-state index contributed by atoms with van der Waals surface area (Å²) in [6, 6.07) is 37.6. The Morgan fingerprint density at radius 1 is 0.742 bits per heavy atom. The van der Waals surface area contributed by atoms with E-state index in [4.69, 9.17) is 16.6 Å². The van der Waals surface area contributed by atoms with Crippen molar-refractivity contribution in [2.24, 2.45) is 0 Å². The van der Waals surface area contributed by atoms with Crippen molar-refractivity contribution >= 4 is 34.4 Å². The van der Waals surface area contributed by atoms with Crippen LogP contribution in [-0.4, -0.2) is 9.55 Å². The van der Waals surface area contributed by atoms with Crippen molar-refractivity contribution in [2.45, 2.75) is 16.7 Å². The Morgan fingerprint density at radius 2 is 1.39 bits per heavy atom. The Morgan fingerprint density at radius 3 is 2.13 bits per heavy atom. The number of hydrogen-bond acceptors (Lipinski definition) is 2. The number of para-hydroxylation sites is 2. The fourth-order valence-electron chi connectivity index (χ4n) is 3.77. The summed E-state index contributed by atoms with van der Waals surface area (Å²) in [6.07, 6.45) is 0. The molecule has 0 aliphatic rings. The van der Waals surface area contributed by atoms with E-state index in [0.717, 1.165) is 28.4 Å². The molecule has 31 heavy (non-hydrogen) atoms. The molecular weight excluding hydrogens is 420 g/mol. The first-order valence-electron chi connectivity index (χ1n) is 10.2. The van der Waals surface area contributed by atoms with Crippen molar-refractivity contribution in [2.75, 3.05) is 0 Å². The molecule has 0 fully saturated rings. The molecular formula is C27H21ClN2S. The summed E-state index contributed by atoms with van der Waals surface area (Å²) in [7, 11) is 0. The van der Waals surface area contributed by atoms with Crippen molar-refractivity contribution in [3.63, 3.8) is 0 Å². The van der Waals surface area contributed by atoms with Gasteiger partial charge in [-0.1, -0.05) is 84.4 Å². The minimum Gasteiger partial charge on any atom is -0.322 e. The molecule has 2 nitrogen and oxygen atoms in total. The van der Waals surface area contributed by atoms with Crippen LogP contribution in [0.2, 0.25) is 5.02 Å². The van der Waals surface area contributed by atoms with Gasteiger partial charge in [0.1, 0.15) is 5.82 Å². The maximum absolute atomic E-state index is 6.12. The second kappa shape index (κ2) is 9.01. The Kier molecular flexibility index (Phi) is 5.79. The lowest BCUT2D eigenvalue weighted by molar-refractivity contribution is 0.757. The maximum Gasteiger partial charge on any atom is 0.128 e. The second-order valence-electron chi connectivity index (χ2n) is 7.39. The van der Waals surface area contributed by atoms with Gasteiger partial charge >= 0.3 is 0 Å². The molecule has 0 aliphatic heterocycles. The van der Waals surface area contributed by atoms with E-state index in [0.29, 0.717) is 0 Å². The number of fused-ring (bicyclic) bond motifs is 1. The van der Waals surface area contributed by atoms with Gasteiger partial charge in [-0.05, 0) is 47.5 Å². The van der Waals surface area contributed by atoms with Gasteiger partial charge in [-0.3, -0.25) is 0 Å². The first-order chi connectivity index (χ1) is 15.3. The normalized spacial score (nSPS) is 12.2. The smallest absolute Gasteiger partial charge is 0.128 e. The molecule has 1 aromatic heterocycles. The number of imidazole rings is 1. The number of thioether (sulfide) groups is 1. The molecule has 152 valence electrons. The summed E-state index contributed by atoms with van der Waals surface area (Å²) >= 11 is 7.95. The van der Waals surface area contributed by atoms with Gasteiger partial charge in [0, 0.05) is 16.5 Å². The van der Waals surface area contributed by atoms with E-state index in [9.17, 15) is 0 Å². The fourth-order valence-corrected chi connectivity index (χ4v) is 5.06. The van der Waals surface area contributed by atoms with E-state index in [1.54, 1.807) is 0 Å². The first-order valence-corrected chi connectivity index (χ1v) is 11.5. The third-order valence-corrected chi connectivity index (χ3v) is 6.79. The van der Waals surface area contributed by atoms with Gasteiger partial charge in [-0.15, -0.1) is 11.8 Å². The van der Waals surface area contributed by atoms with E-state index in [1.165, 1.54) is 16.0 Å². The summed E-state index contributed by atoms with van der Waals surface area (Å²) in [5, 5.41) is 0.824. The Labute approximate surface area is 191 Å². The molecule has 0 radical (unpaired) electrons. The molecule has 0 aliphatic carbocycles. The maximum atomic E-state index is 6.12. The van der Waals surface area contributed by atoms with E-state index in [2.05, 4.69) is 95.6 Å². The lowest BCUT2D eigenvalue weighted by Gasteiger charge is -2.19. The number of benzene rings is 4. The molecule has 1 heterocycles.